The lowest BCUT2D eigenvalue weighted by molar-refractivity contribution is -0.185. The topological polar surface area (TPSA) is 42.1 Å². The van der Waals surface area contributed by atoms with E-state index in [1.165, 1.54) is 0 Å². The minimum absolute atomic E-state index is 0.0156. The van der Waals surface area contributed by atoms with Crippen LogP contribution >= 0.6 is 0 Å². The summed E-state index contributed by atoms with van der Waals surface area (Å²) in [5.74, 6) is -0.580. The normalized spacial score (nSPS) is 20.0. The van der Waals surface area contributed by atoms with Gasteiger partial charge in [0, 0.05) is 25.8 Å². The molecule has 2 N–H and O–H groups in total. The number of rotatable bonds is 3. The van der Waals surface area contributed by atoms with Gasteiger partial charge in [0.15, 0.2) is 0 Å². The summed E-state index contributed by atoms with van der Waals surface area (Å²) < 4.78 is 162. The lowest BCUT2D eigenvalue weighted by atomic mass is 9.77. The SMILES string of the molecule is NCc1cnc(N2CCC(c3cc(C(F)(F)F)cc(C(F)(F)F)c3)(C(F)(F)F)C2)cc1C(F)(F)F. The van der Waals surface area contributed by atoms with E-state index < -0.39 is 89.8 Å². The molecule has 2 heterocycles. The van der Waals surface area contributed by atoms with Crippen molar-refractivity contribution in [1.82, 2.24) is 4.98 Å². The van der Waals surface area contributed by atoms with Crippen LogP contribution in [-0.4, -0.2) is 24.2 Å². The fourth-order valence-electron chi connectivity index (χ4n) is 3.94. The van der Waals surface area contributed by atoms with Crippen molar-refractivity contribution >= 4 is 5.82 Å². The Hall–Kier alpha value is -2.71. The average Bonchev–Trinajstić information content (AvgIpc) is 3.18. The molecule has 1 aliphatic heterocycles. The van der Waals surface area contributed by atoms with E-state index in [0.717, 1.165) is 4.90 Å². The zero-order chi connectivity index (χ0) is 26.6. The summed E-state index contributed by atoms with van der Waals surface area (Å²) >= 11 is 0. The summed E-state index contributed by atoms with van der Waals surface area (Å²) in [6, 6.07) is 0.113. The van der Waals surface area contributed by atoms with Crippen molar-refractivity contribution in [2.24, 2.45) is 5.73 Å². The summed E-state index contributed by atoms with van der Waals surface area (Å²) in [5.41, 5.74) is -4.89. The van der Waals surface area contributed by atoms with Crippen LogP contribution in [0.25, 0.3) is 0 Å². The number of aromatic nitrogens is 1. The number of hydrogen-bond acceptors (Lipinski definition) is 3. The van der Waals surface area contributed by atoms with E-state index in [1.54, 1.807) is 0 Å². The number of nitrogens with two attached hydrogens (primary N) is 1. The molecule has 3 rings (SSSR count). The van der Waals surface area contributed by atoms with E-state index >= 15 is 0 Å². The third-order valence-electron chi connectivity index (χ3n) is 5.77. The van der Waals surface area contributed by atoms with Crippen LogP contribution in [0.2, 0.25) is 0 Å². The molecule has 1 fully saturated rings. The highest BCUT2D eigenvalue weighted by atomic mass is 19.4. The van der Waals surface area contributed by atoms with Crippen LogP contribution in [0.3, 0.4) is 0 Å². The minimum atomic E-state index is -5.39. The highest BCUT2D eigenvalue weighted by Gasteiger charge is 2.60. The summed E-state index contributed by atoms with van der Waals surface area (Å²) in [4.78, 5) is 4.41. The van der Waals surface area contributed by atoms with Gasteiger partial charge in [-0.25, -0.2) is 4.98 Å². The maximum atomic E-state index is 14.2. The van der Waals surface area contributed by atoms with Crippen molar-refractivity contribution in [3.63, 3.8) is 0 Å². The molecule has 1 saturated heterocycles. The Kier molecular flexibility index (Phi) is 6.49. The Bertz CT molecular complexity index is 1050. The monoisotopic (exact) mass is 525 g/mol. The first-order valence-corrected chi connectivity index (χ1v) is 9.67. The largest absolute Gasteiger partial charge is 0.416 e. The van der Waals surface area contributed by atoms with Gasteiger partial charge >= 0.3 is 24.7 Å². The summed E-state index contributed by atoms with van der Waals surface area (Å²) in [6.45, 7) is -2.47. The lowest BCUT2D eigenvalue weighted by Gasteiger charge is -2.33. The van der Waals surface area contributed by atoms with E-state index in [-0.39, 0.29) is 18.2 Å². The van der Waals surface area contributed by atoms with Crippen LogP contribution in [-0.2, 0) is 30.5 Å². The van der Waals surface area contributed by atoms with Crippen molar-refractivity contribution in [3.05, 3.63) is 58.3 Å². The van der Waals surface area contributed by atoms with E-state index in [4.69, 9.17) is 5.73 Å². The summed E-state index contributed by atoms with van der Waals surface area (Å²) in [5, 5.41) is 0. The molecule has 1 atom stereocenters. The average molecular weight is 525 g/mol. The van der Waals surface area contributed by atoms with Gasteiger partial charge < -0.3 is 10.6 Å². The van der Waals surface area contributed by atoms with Crippen LogP contribution in [0, 0.1) is 0 Å². The van der Waals surface area contributed by atoms with Crippen LogP contribution in [0.5, 0.6) is 0 Å². The first-order valence-electron chi connectivity index (χ1n) is 9.67. The Morgan fingerprint density at radius 2 is 1.34 bits per heavy atom. The minimum Gasteiger partial charge on any atom is -0.355 e. The predicted molar refractivity (Wildman–Crippen MR) is 98.1 cm³/mol. The molecule has 0 amide bonds. The molecule has 1 aromatic heterocycles. The maximum Gasteiger partial charge on any atom is 0.416 e. The zero-order valence-electron chi connectivity index (χ0n) is 17.2. The molecule has 35 heavy (non-hydrogen) atoms. The summed E-state index contributed by atoms with van der Waals surface area (Å²) in [6.07, 6.45) is -21.4. The van der Waals surface area contributed by atoms with Gasteiger partial charge in [0.1, 0.15) is 11.2 Å². The summed E-state index contributed by atoms with van der Waals surface area (Å²) in [7, 11) is 0. The fraction of sp³-hybridized carbons (Fsp3) is 0.450. The Morgan fingerprint density at radius 1 is 0.800 bits per heavy atom. The third-order valence-corrected chi connectivity index (χ3v) is 5.77. The third kappa shape index (κ3) is 5.14. The molecule has 0 bridgehead atoms. The van der Waals surface area contributed by atoms with Crippen LogP contribution in [0.15, 0.2) is 30.5 Å². The molecular formula is C20H15F12N3. The predicted octanol–water partition coefficient (Wildman–Crippen LogP) is 6.31. The van der Waals surface area contributed by atoms with Crippen molar-refractivity contribution < 1.29 is 52.7 Å². The molecule has 0 aliphatic carbocycles. The van der Waals surface area contributed by atoms with Gasteiger partial charge in [-0.05, 0) is 41.8 Å². The zero-order valence-corrected chi connectivity index (χ0v) is 17.2. The number of nitrogens with zero attached hydrogens (tertiary/aromatic N) is 2. The molecule has 194 valence electrons. The Labute approximate surface area is 189 Å². The van der Waals surface area contributed by atoms with E-state index in [9.17, 15) is 52.7 Å². The molecule has 0 saturated carbocycles. The second-order valence-electron chi connectivity index (χ2n) is 7.95. The highest BCUT2D eigenvalue weighted by Crippen LogP contribution is 2.50. The first kappa shape index (κ1) is 26.9. The molecule has 1 unspecified atom stereocenters. The van der Waals surface area contributed by atoms with Crippen molar-refractivity contribution in [1.29, 1.82) is 0 Å². The molecular weight excluding hydrogens is 510 g/mol. The van der Waals surface area contributed by atoms with E-state index in [1.807, 2.05) is 0 Å². The number of alkyl halides is 12. The van der Waals surface area contributed by atoms with Gasteiger partial charge in [-0.2, -0.15) is 52.7 Å². The Morgan fingerprint density at radius 3 is 1.77 bits per heavy atom. The molecule has 0 radical (unpaired) electrons. The Balaban J connectivity index is 2.15. The van der Waals surface area contributed by atoms with Crippen LogP contribution in [0.1, 0.15) is 34.2 Å². The molecule has 0 spiro atoms. The second-order valence-corrected chi connectivity index (χ2v) is 7.95. The molecule has 1 aromatic carbocycles. The first-order chi connectivity index (χ1) is 15.8. The maximum absolute atomic E-state index is 14.2. The highest BCUT2D eigenvalue weighted by molar-refractivity contribution is 5.50. The number of benzene rings is 1. The smallest absolute Gasteiger partial charge is 0.355 e. The van der Waals surface area contributed by atoms with E-state index in [2.05, 4.69) is 4.98 Å². The lowest BCUT2D eigenvalue weighted by Crippen LogP contribution is -2.45. The fourth-order valence-corrected chi connectivity index (χ4v) is 3.94. The molecule has 1 aliphatic rings. The van der Waals surface area contributed by atoms with Gasteiger partial charge in [-0.1, -0.05) is 0 Å². The quantitative estimate of drug-likeness (QED) is 0.478. The molecule has 2 aromatic rings. The standard InChI is InChI=1S/C20H15F12N3/c21-17(22,23)12-3-11(4-13(5-12)18(24,25)26)16(20(30,31)32)1-2-35(9-16)15-6-14(19(27,28)29)10(7-33)8-34-15/h3-6,8H,1-2,7,9,33H2. The molecule has 3 nitrogen and oxygen atoms in total. The number of pyridine rings is 1. The van der Waals surface area contributed by atoms with Crippen LogP contribution < -0.4 is 10.6 Å². The van der Waals surface area contributed by atoms with Gasteiger partial charge in [0.25, 0.3) is 0 Å². The van der Waals surface area contributed by atoms with Crippen molar-refractivity contribution in [3.8, 4) is 0 Å². The van der Waals surface area contributed by atoms with Gasteiger partial charge in [0.05, 0.1) is 16.7 Å². The number of halogens is 12. The second kappa shape index (κ2) is 8.45. The van der Waals surface area contributed by atoms with Gasteiger partial charge in [-0.3, -0.25) is 0 Å². The molecule has 15 heteroatoms. The van der Waals surface area contributed by atoms with Crippen LogP contribution in [0.4, 0.5) is 58.5 Å². The van der Waals surface area contributed by atoms with Crippen molar-refractivity contribution in [2.75, 3.05) is 18.0 Å². The number of anilines is 1. The van der Waals surface area contributed by atoms with Gasteiger partial charge in [0.2, 0.25) is 0 Å². The van der Waals surface area contributed by atoms with E-state index in [0.29, 0.717) is 12.3 Å². The van der Waals surface area contributed by atoms with Gasteiger partial charge in [-0.15, -0.1) is 0 Å². The van der Waals surface area contributed by atoms with Crippen molar-refractivity contribution in [2.45, 2.75) is 43.1 Å². The number of hydrogen-bond donors (Lipinski definition) is 1.